The number of imidazole rings is 1. The molecule has 0 aliphatic rings. The maximum absolute atomic E-state index is 5.42. The molecule has 7 heteroatoms. The molecule has 0 aliphatic heterocycles. The Balaban J connectivity index is 2.13. The van der Waals surface area contributed by atoms with Gasteiger partial charge in [0.2, 0.25) is 0 Å². The molecular weight excluding hydrogens is 306 g/mol. The zero-order valence-electron chi connectivity index (χ0n) is 13.5. The van der Waals surface area contributed by atoms with Crippen LogP contribution >= 0.6 is 0 Å². The predicted molar refractivity (Wildman–Crippen MR) is 89.4 cm³/mol. The van der Waals surface area contributed by atoms with Gasteiger partial charge in [-0.15, -0.1) is 10.2 Å². The van der Waals surface area contributed by atoms with Crippen molar-refractivity contribution < 1.29 is 9.47 Å². The third kappa shape index (κ3) is 2.05. The molecule has 24 heavy (non-hydrogen) atoms. The second-order valence-electron chi connectivity index (χ2n) is 5.29. The summed E-state index contributed by atoms with van der Waals surface area (Å²) in [7, 11) is 3.20. The van der Waals surface area contributed by atoms with Gasteiger partial charge in [-0.25, -0.2) is 4.98 Å². The van der Waals surface area contributed by atoms with Crippen LogP contribution in [0.1, 0.15) is 5.69 Å². The fourth-order valence-corrected chi connectivity index (χ4v) is 2.75. The number of hydrogen-bond acceptors (Lipinski definition) is 6. The number of aryl methyl sites for hydroxylation is 1. The average Bonchev–Trinajstić information content (AvgIpc) is 2.98. The van der Waals surface area contributed by atoms with Crippen molar-refractivity contribution in [1.29, 1.82) is 0 Å². The Labute approximate surface area is 137 Å². The number of rotatable bonds is 3. The molecule has 4 rings (SSSR count). The van der Waals surface area contributed by atoms with Crippen LogP contribution in [0.4, 0.5) is 0 Å². The zero-order valence-corrected chi connectivity index (χ0v) is 13.5. The third-order valence-electron chi connectivity index (χ3n) is 3.89. The lowest BCUT2D eigenvalue weighted by atomic mass is 10.2. The summed E-state index contributed by atoms with van der Waals surface area (Å²) < 4.78 is 12.7. The summed E-state index contributed by atoms with van der Waals surface area (Å²) in [6, 6.07) is 9.40. The summed E-state index contributed by atoms with van der Waals surface area (Å²) in [6.45, 7) is 1.91. The highest BCUT2D eigenvalue weighted by Crippen LogP contribution is 2.33. The van der Waals surface area contributed by atoms with Gasteiger partial charge in [-0.2, -0.15) is 0 Å². The van der Waals surface area contributed by atoms with Crippen molar-refractivity contribution in [3.05, 3.63) is 42.2 Å². The summed E-state index contributed by atoms with van der Waals surface area (Å²) in [5, 5.41) is 8.61. The minimum Gasteiger partial charge on any atom is -0.493 e. The molecule has 0 radical (unpaired) electrons. The number of aromatic nitrogens is 5. The van der Waals surface area contributed by atoms with Crippen molar-refractivity contribution >= 4 is 16.7 Å². The Morgan fingerprint density at radius 1 is 1.00 bits per heavy atom. The number of pyridine rings is 1. The molecule has 0 unspecified atom stereocenters. The molecule has 0 N–H and O–H groups in total. The molecule has 0 saturated heterocycles. The van der Waals surface area contributed by atoms with Gasteiger partial charge in [0, 0.05) is 18.3 Å². The van der Waals surface area contributed by atoms with Crippen LogP contribution in [0.15, 0.2) is 36.5 Å². The van der Waals surface area contributed by atoms with E-state index in [4.69, 9.17) is 9.47 Å². The topological polar surface area (TPSA) is 74.4 Å². The monoisotopic (exact) mass is 321 g/mol. The first-order valence-electron chi connectivity index (χ1n) is 7.42. The van der Waals surface area contributed by atoms with Crippen molar-refractivity contribution in [3.63, 3.8) is 0 Å². The number of methoxy groups -OCH3 is 2. The molecule has 120 valence electrons. The minimum atomic E-state index is 0.606. The first-order chi connectivity index (χ1) is 11.7. The summed E-state index contributed by atoms with van der Waals surface area (Å²) in [4.78, 5) is 9.04. The van der Waals surface area contributed by atoms with E-state index in [2.05, 4.69) is 20.2 Å². The van der Waals surface area contributed by atoms with Crippen molar-refractivity contribution in [3.8, 4) is 23.0 Å². The Hall–Kier alpha value is -3.22. The van der Waals surface area contributed by atoms with E-state index in [1.165, 1.54) is 0 Å². The highest BCUT2D eigenvalue weighted by Gasteiger charge is 2.17. The van der Waals surface area contributed by atoms with Gasteiger partial charge in [0.1, 0.15) is 11.2 Å². The van der Waals surface area contributed by atoms with E-state index < -0.39 is 0 Å². The third-order valence-corrected chi connectivity index (χ3v) is 3.89. The van der Waals surface area contributed by atoms with Gasteiger partial charge >= 0.3 is 0 Å². The van der Waals surface area contributed by atoms with Crippen molar-refractivity contribution in [2.24, 2.45) is 0 Å². The maximum Gasteiger partial charge on any atom is 0.183 e. The fraction of sp³-hybridized carbons (Fsp3) is 0.176. The standard InChI is InChI=1S/C17H15N5O2/c1-10-16-21-20-12-8-14(23-2)15(24-3)9-13(12)22(16)17(19-10)11-6-4-5-7-18-11/h4-9H,1-3H3. The van der Waals surface area contributed by atoms with E-state index in [0.717, 1.165) is 22.7 Å². The lowest BCUT2D eigenvalue weighted by molar-refractivity contribution is 0.355. The van der Waals surface area contributed by atoms with Crippen LogP contribution in [0.25, 0.3) is 28.2 Å². The Morgan fingerprint density at radius 2 is 1.79 bits per heavy atom. The molecule has 0 bridgehead atoms. The van der Waals surface area contributed by atoms with Gasteiger partial charge in [0.05, 0.1) is 25.4 Å². The number of benzene rings is 1. The van der Waals surface area contributed by atoms with E-state index in [-0.39, 0.29) is 0 Å². The van der Waals surface area contributed by atoms with Gasteiger partial charge < -0.3 is 9.47 Å². The molecule has 1 aromatic carbocycles. The second-order valence-corrected chi connectivity index (χ2v) is 5.29. The minimum absolute atomic E-state index is 0.606. The predicted octanol–water partition coefficient (Wildman–Crippen LogP) is 2.67. The first kappa shape index (κ1) is 14.4. The van der Waals surface area contributed by atoms with Crippen LogP contribution in [-0.2, 0) is 0 Å². The van der Waals surface area contributed by atoms with E-state index in [9.17, 15) is 0 Å². The van der Waals surface area contributed by atoms with Gasteiger partial charge in [0.15, 0.2) is 23.0 Å². The summed E-state index contributed by atoms with van der Waals surface area (Å²) in [5.74, 6) is 1.95. The van der Waals surface area contributed by atoms with Crippen molar-refractivity contribution in [1.82, 2.24) is 24.6 Å². The first-order valence-corrected chi connectivity index (χ1v) is 7.42. The molecule has 0 atom stereocenters. The second kappa shape index (κ2) is 5.45. The summed E-state index contributed by atoms with van der Waals surface area (Å²) in [5.41, 5.74) is 3.77. The van der Waals surface area contributed by atoms with Crippen LogP contribution < -0.4 is 9.47 Å². The lowest BCUT2D eigenvalue weighted by Gasteiger charge is -2.10. The van der Waals surface area contributed by atoms with Crippen LogP contribution in [0, 0.1) is 6.92 Å². The lowest BCUT2D eigenvalue weighted by Crippen LogP contribution is -2.00. The maximum atomic E-state index is 5.42. The molecular formula is C17H15N5O2. The van der Waals surface area contributed by atoms with E-state index >= 15 is 0 Å². The molecule has 0 aliphatic carbocycles. The highest BCUT2D eigenvalue weighted by molar-refractivity contribution is 5.83. The molecule has 7 nitrogen and oxygen atoms in total. The summed E-state index contributed by atoms with van der Waals surface area (Å²) >= 11 is 0. The van der Waals surface area contributed by atoms with Gasteiger partial charge in [-0.3, -0.25) is 9.38 Å². The summed E-state index contributed by atoms with van der Waals surface area (Å²) in [6.07, 6.45) is 1.74. The van der Waals surface area contributed by atoms with Gasteiger partial charge in [0.25, 0.3) is 0 Å². The number of nitrogens with zero attached hydrogens (tertiary/aromatic N) is 5. The molecule has 0 spiro atoms. The van der Waals surface area contributed by atoms with Crippen LogP contribution in [0.3, 0.4) is 0 Å². The van der Waals surface area contributed by atoms with Crippen LogP contribution in [0.5, 0.6) is 11.5 Å². The Kier molecular flexibility index (Phi) is 3.26. The average molecular weight is 321 g/mol. The normalized spacial score (nSPS) is 11.1. The molecule has 4 aromatic rings. The van der Waals surface area contributed by atoms with Gasteiger partial charge in [-0.1, -0.05) is 6.07 Å². The Morgan fingerprint density at radius 3 is 2.50 bits per heavy atom. The molecule has 0 fully saturated rings. The van der Waals surface area contributed by atoms with Crippen LogP contribution in [0.2, 0.25) is 0 Å². The molecule has 0 amide bonds. The van der Waals surface area contributed by atoms with Crippen molar-refractivity contribution in [2.75, 3.05) is 14.2 Å². The largest absolute Gasteiger partial charge is 0.493 e. The number of fused-ring (bicyclic) bond motifs is 3. The van der Waals surface area contributed by atoms with Crippen LogP contribution in [-0.4, -0.2) is 38.8 Å². The number of hydrogen-bond donors (Lipinski definition) is 0. The SMILES string of the molecule is COc1cc2nnc3c(C)nc(-c4ccccn4)n3c2cc1OC. The zero-order chi connectivity index (χ0) is 16.7. The number of ether oxygens (including phenoxy) is 2. The Bertz CT molecular complexity index is 1040. The van der Waals surface area contributed by atoms with E-state index in [1.807, 2.05) is 35.6 Å². The van der Waals surface area contributed by atoms with Crippen molar-refractivity contribution in [2.45, 2.75) is 6.92 Å². The van der Waals surface area contributed by atoms with E-state index in [0.29, 0.717) is 22.7 Å². The fourth-order valence-electron chi connectivity index (χ4n) is 2.75. The quantitative estimate of drug-likeness (QED) is 0.577. The van der Waals surface area contributed by atoms with E-state index in [1.54, 1.807) is 26.5 Å². The smallest absolute Gasteiger partial charge is 0.183 e. The molecule has 0 saturated carbocycles. The molecule has 3 aromatic heterocycles. The highest BCUT2D eigenvalue weighted by atomic mass is 16.5. The molecule has 3 heterocycles. The van der Waals surface area contributed by atoms with Gasteiger partial charge in [-0.05, 0) is 19.1 Å².